The molecule has 0 radical (unpaired) electrons. The minimum absolute atomic E-state index is 0.0938. The van der Waals surface area contributed by atoms with Crippen molar-refractivity contribution >= 4 is 5.69 Å². The Morgan fingerprint density at radius 3 is 2.61 bits per heavy atom. The van der Waals surface area contributed by atoms with E-state index in [1.165, 1.54) is 17.5 Å². The fourth-order valence-corrected chi connectivity index (χ4v) is 2.12. The molecule has 0 amide bonds. The monoisotopic (exact) mass is 251 g/mol. The highest BCUT2D eigenvalue weighted by Gasteiger charge is 2.15. The molecule has 0 unspecified atom stereocenters. The topological polar surface area (TPSA) is 58.4 Å². The number of aryl methyl sites for hydroxylation is 1. The van der Waals surface area contributed by atoms with Crippen molar-refractivity contribution in [3.05, 3.63) is 22.6 Å². The third-order valence-electron chi connectivity index (χ3n) is 3.26. The predicted octanol–water partition coefficient (Wildman–Crippen LogP) is 1.00. The molecular formula is C13H21N3O2. The summed E-state index contributed by atoms with van der Waals surface area (Å²) in [4.78, 5) is 14.1. The van der Waals surface area contributed by atoms with Crippen molar-refractivity contribution in [3.63, 3.8) is 0 Å². The van der Waals surface area contributed by atoms with Crippen molar-refractivity contribution in [2.45, 2.75) is 45.3 Å². The van der Waals surface area contributed by atoms with E-state index in [0.29, 0.717) is 13.0 Å². The van der Waals surface area contributed by atoms with Crippen molar-refractivity contribution in [2.24, 2.45) is 0 Å². The molecule has 1 aliphatic rings. The van der Waals surface area contributed by atoms with Crippen LogP contribution in [0.4, 0.5) is 5.69 Å². The first-order chi connectivity index (χ1) is 8.46. The van der Waals surface area contributed by atoms with Crippen molar-refractivity contribution in [1.29, 1.82) is 0 Å². The van der Waals surface area contributed by atoms with Gasteiger partial charge in [-0.3, -0.25) is 4.79 Å². The maximum atomic E-state index is 11.9. The van der Waals surface area contributed by atoms with Crippen molar-refractivity contribution in [3.8, 4) is 0 Å². The van der Waals surface area contributed by atoms with Gasteiger partial charge in [-0.2, -0.15) is 5.10 Å². The van der Waals surface area contributed by atoms with Gasteiger partial charge in [0.2, 0.25) is 0 Å². The lowest BCUT2D eigenvalue weighted by molar-refractivity contribution is 0.0646. The van der Waals surface area contributed by atoms with Crippen molar-refractivity contribution in [2.75, 3.05) is 18.0 Å². The Morgan fingerprint density at radius 1 is 1.39 bits per heavy atom. The molecule has 1 saturated heterocycles. The number of rotatable bonds is 4. The number of hydrogen-bond donors (Lipinski definition) is 1. The summed E-state index contributed by atoms with van der Waals surface area (Å²) in [6.45, 7) is 5.93. The van der Waals surface area contributed by atoms with Crippen LogP contribution in [0.3, 0.4) is 0 Å². The standard InChI is InChI=1S/C13H21N3O2/c1-13(2,18)5-8-16-12(17)9-11(10-14-16)15-6-3-4-7-15/h9-10,18H,3-8H2,1-2H3. The van der Waals surface area contributed by atoms with Crippen LogP contribution in [0, 0.1) is 0 Å². The zero-order chi connectivity index (χ0) is 13.2. The Bertz CT molecular complexity index is 456. The molecule has 100 valence electrons. The zero-order valence-electron chi connectivity index (χ0n) is 11.1. The van der Waals surface area contributed by atoms with Crippen LogP contribution in [-0.4, -0.2) is 33.6 Å². The molecule has 1 aromatic rings. The lowest BCUT2D eigenvalue weighted by Gasteiger charge is -2.19. The van der Waals surface area contributed by atoms with E-state index in [4.69, 9.17) is 0 Å². The van der Waals surface area contributed by atoms with Crippen LogP contribution in [0.15, 0.2) is 17.1 Å². The number of anilines is 1. The molecule has 1 aromatic heterocycles. The van der Waals surface area contributed by atoms with E-state index >= 15 is 0 Å². The predicted molar refractivity (Wildman–Crippen MR) is 70.9 cm³/mol. The van der Waals surface area contributed by atoms with Crippen LogP contribution in [-0.2, 0) is 6.54 Å². The van der Waals surface area contributed by atoms with Crippen LogP contribution in [0.1, 0.15) is 33.1 Å². The molecule has 0 aliphatic carbocycles. The third kappa shape index (κ3) is 3.32. The lowest BCUT2D eigenvalue weighted by Crippen LogP contribution is -2.29. The smallest absolute Gasteiger partial charge is 0.268 e. The van der Waals surface area contributed by atoms with E-state index in [9.17, 15) is 9.90 Å². The van der Waals surface area contributed by atoms with E-state index in [1.807, 2.05) is 0 Å². The number of hydrogen-bond acceptors (Lipinski definition) is 4. The highest BCUT2D eigenvalue weighted by Crippen LogP contribution is 2.17. The van der Waals surface area contributed by atoms with Gasteiger partial charge in [0.15, 0.2) is 0 Å². The minimum Gasteiger partial charge on any atom is -0.390 e. The van der Waals surface area contributed by atoms with Gasteiger partial charge in [-0.05, 0) is 33.1 Å². The van der Waals surface area contributed by atoms with Gasteiger partial charge in [-0.1, -0.05) is 0 Å². The third-order valence-corrected chi connectivity index (χ3v) is 3.26. The number of aliphatic hydroxyl groups is 1. The Balaban J connectivity index is 2.08. The quantitative estimate of drug-likeness (QED) is 0.867. The van der Waals surface area contributed by atoms with Gasteiger partial charge in [0.05, 0.1) is 17.5 Å². The summed E-state index contributed by atoms with van der Waals surface area (Å²) in [5, 5.41) is 13.8. The van der Waals surface area contributed by atoms with Crippen LogP contribution in [0.25, 0.3) is 0 Å². The lowest BCUT2D eigenvalue weighted by atomic mass is 10.1. The molecule has 0 saturated carbocycles. The van der Waals surface area contributed by atoms with E-state index < -0.39 is 5.60 Å². The fourth-order valence-electron chi connectivity index (χ4n) is 2.12. The van der Waals surface area contributed by atoms with Crippen LogP contribution in [0.2, 0.25) is 0 Å². The van der Waals surface area contributed by atoms with Crippen molar-refractivity contribution in [1.82, 2.24) is 9.78 Å². The summed E-state index contributed by atoms with van der Waals surface area (Å²) in [5.74, 6) is 0. The molecule has 1 N–H and O–H groups in total. The van der Waals surface area contributed by atoms with Crippen LogP contribution < -0.4 is 10.5 Å². The molecule has 0 bridgehead atoms. The molecule has 5 nitrogen and oxygen atoms in total. The summed E-state index contributed by atoms with van der Waals surface area (Å²) in [6, 6.07) is 1.64. The first-order valence-electron chi connectivity index (χ1n) is 6.50. The molecule has 2 rings (SSSR count). The normalized spacial score (nSPS) is 16.3. The summed E-state index contributed by atoms with van der Waals surface area (Å²) in [5.41, 5.74) is 0.0510. The zero-order valence-corrected chi connectivity index (χ0v) is 11.1. The summed E-state index contributed by atoms with van der Waals surface area (Å²) in [6.07, 6.45) is 4.63. The average molecular weight is 251 g/mol. The largest absolute Gasteiger partial charge is 0.390 e. The summed E-state index contributed by atoms with van der Waals surface area (Å²) >= 11 is 0. The Morgan fingerprint density at radius 2 is 2.06 bits per heavy atom. The van der Waals surface area contributed by atoms with E-state index in [2.05, 4.69) is 10.00 Å². The first kappa shape index (κ1) is 13.1. The highest BCUT2D eigenvalue weighted by molar-refractivity contribution is 5.43. The first-order valence-corrected chi connectivity index (χ1v) is 6.50. The van der Waals surface area contributed by atoms with Crippen molar-refractivity contribution < 1.29 is 5.11 Å². The Hall–Kier alpha value is -1.36. The number of aromatic nitrogens is 2. The van der Waals surface area contributed by atoms with E-state index in [1.54, 1.807) is 26.1 Å². The molecule has 5 heteroatoms. The second-order valence-electron chi connectivity index (χ2n) is 5.53. The highest BCUT2D eigenvalue weighted by atomic mass is 16.3. The molecule has 0 aromatic carbocycles. The van der Waals surface area contributed by atoms with Gasteiger partial charge in [0.1, 0.15) is 0 Å². The second kappa shape index (κ2) is 5.10. The maximum Gasteiger partial charge on any atom is 0.268 e. The van der Waals surface area contributed by atoms with Gasteiger partial charge in [-0.15, -0.1) is 0 Å². The van der Waals surface area contributed by atoms with Crippen LogP contribution >= 0.6 is 0 Å². The molecule has 0 spiro atoms. The summed E-state index contributed by atoms with van der Waals surface area (Å²) in [7, 11) is 0. The molecular weight excluding hydrogens is 230 g/mol. The summed E-state index contributed by atoms with van der Waals surface area (Å²) < 4.78 is 1.41. The molecule has 2 heterocycles. The van der Waals surface area contributed by atoms with Gasteiger partial charge < -0.3 is 10.0 Å². The van der Waals surface area contributed by atoms with Gasteiger partial charge in [0, 0.05) is 25.7 Å². The molecule has 0 atom stereocenters. The van der Waals surface area contributed by atoms with E-state index in [0.717, 1.165) is 18.8 Å². The van der Waals surface area contributed by atoms with Crippen LogP contribution in [0.5, 0.6) is 0 Å². The van der Waals surface area contributed by atoms with Gasteiger partial charge in [-0.25, -0.2) is 4.68 Å². The van der Waals surface area contributed by atoms with Gasteiger partial charge >= 0.3 is 0 Å². The maximum absolute atomic E-state index is 11.9. The molecule has 18 heavy (non-hydrogen) atoms. The SMILES string of the molecule is CC(C)(O)CCn1ncc(N2CCCC2)cc1=O. The van der Waals surface area contributed by atoms with E-state index in [-0.39, 0.29) is 5.56 Å². The fraction of sp³-hybridized carbons (Fsp3) is 0.692. The Labute approximate surface area is 107 Å². The van der Waals surface area contributed by atoms with Gasteiger partial charge in [0.25, 0.3) is 5.56 Å². The average Bonchev–Trinajstić information content (AvgIpc) is 2.79. The number of nitrogens with zero attached hydrogens (tertiary/aromatic N) is 3. The Kier molecular flexibility index (Phi) is 3.71. The molecule has 1 aliphatic heterocycles. The minimum atomic E-state index is -0.769. The second-order valence-corrected chi connectivity index (χ2v) is 5.53. The molecule has 1 fully saturated rings.